The predicted molar refractivity (Wildman–Crippen MR) is 76.6 cm³/mol. The third-order valence-electron chi connectivity index (χ3n) is 2.78. The first-order valence-electron chi connectivity index (χ1n) is 6.26. The van der Waals surface area contributed by atoms with Crippen LogP contribution in [-0.4, -0.2) is 21.3 Å². The molecule has 1 aromatic carbocycles. The quantitative estimate of drug-likeness (QED) is 0.874. The van der Waals surface area contributed by atoms with Gasteiger partial charge >= 0.3 is 5.69 Å². The number of benzene rings is 1. The van der Waals surface area contributed by atoms with Crippen molar-refractivity contribution in [2.75, 3.05) is 6.54 Å². The van der Waals surface area contributed by atoms with E-state index in [4.69, 9.17) is 5.73 Å². The van der Waals surface area contributed by atoms with Crippen molar-refractivity contribution < 1.29 is 0 Å². The maximum Gasteiger partial charge on any atom is 0.344 e. The number of nitrogens with two attached hydrogens (primary N) is 1. The Morgan fingerprint density at radius 1 is 1.42 bits per heavy atom. The van der Waals surface area contributed by atoms with Crippen LogP contribution < -0.4 is 11.4 Å². The van der Waals surface area contributed by atoms with Crippen molar-refractivity contribution >= 4 is 11.8 Å². The number of aromatic amines is 1. The third-order valence-corrected chi connectivity index (χ3v) is 3.86. The highest BCUT2D eigenvalue weighted by Crippen LogP contribution is 2.29. The number of hydrogen-bond donors (Lipinski definition) is 2. The van der Waals surface area contributed by atoms with Gasteiger partial charge in [-0.05, 0) is 50.2 Å². The molecular formula is C13H18N4OS. The van der Waals surface area contributed by atoms with E-state index in [0.717, 1.165) is 11.3 Å². The summed E-state index contributed by atoms with van der Waals surface area (Å²) in [5.74, 6) is 0. The Hall–Kier alpha value is -1.53. The van der Waals surface area contributed by atoms with Gasteiger partial charge in [-0.25, -0.2) is 9.89 Å². The van der Waals surface area contributed by atoms with Gasteiger partial charge in [0, 0.05) is 10.9 Å². The summed E-state index contributed by atoms with van der Waals surface area (Å²) in [7, 11) is 0. The second-order valence-electron chi connectivity index (χ2n) is 4.52. The molecule has 1 aromatic heterocycles. The summed E-state index contributed by atoms with van der Waals surface area (Å²) in [5, 5.41) is 7.28. The van der Waals surface area contributed by atoms with Crippen LogP contribution in [0.1, 0.15) is 25.5 Å². The van der Waals surface area contributed by atoms with E-state index >= 15 is 0 Å². The van der Waals surface area contributed by atoms with Crippen LogP contribution >= 0.6 is 11.8 Å². The predicted octanol–water partition coefficient (Wildman–Crippen LogP) is 1.80. The molecule has 0 aliphatic heterocycles. The molecule has 0 radical (unpaired) electrons. The van der Waals surface area contributed by atoms with E-state index in [0.29, 0.717) is 11.7 Å². The van der Waals surface area contributed by atoms with Crippen LogP contribution in [0.15, 0.2) is 39.1 Å². The summed E-state index contributed by atoms with van der Waals surface area (Å²) in [6.07, 6.45) is 0.819. The molecule has 0 amide bonds. The summed E-state index contributed by atoms with van der Waals surface area (Å²) in [6, 6.07) is 8.14. The normalized spacial score (nSPS) is 11.2. The van der Waals surface area contributed by atoms with Gasteiger partial charge in [0.2, 0.25) is 0 Å². The van der Waals surface area contributed by atoms with Crippen molar-refractivity contribution in [1.29, 1.82) is 0 Å². The topological polar surface area (TPSA) is 76.7 Å². The standard InChI is InChI=1S/C13H18N4OS/c1-9(2)17-12(18)15-16-13(17)19-11-6-4-3-5-10(11)7-8-14/h3-6,9H,7-8,14H2,1-2H3,(H,15,18). The Kier molecular flexibility index (Phi) is 4.44. The van der Waals surface area contributed by atoms with Crippen LogP contribution in [0.2, 0.25) is 0 Å². The van der Waals surface area contributed by atoms with Crippen LogP contribution in [0.3, 0.4) is 0 Å². The molecule has 2 rings (SSSR count). The Morgan fingerprint density at radius 3 is 2.84 bits per heavy atom. The van der Waals surface area contributed by atoms with Crippen molar-refractivity contribution in [3.63, 3.8) is 0 Å². The molecule has 0 atom stereocenters. The zero-order valence-corrected chi connectivity index (χ0v) is 11.9. The van der Waals surface area contributed by atoms with E-state index in [2.05, 4.69) is 16.3 Å². The van der Waals surface area contributed by atoms with Gasteiger partial charge in [-0.15, -0.1) is 5.10 Å². The smallest absolute Gasteiger partial charge is 0.330 e. The average molecular weight is 278 g/mol. The van der Waals surface area contributed by atoms with Gasteiger partial charge in [0.05, 0.1) is 0 Å². The first-order chi connectivity index (χ1) is 9.13. The molecule has 1 heterocycles. The van der Waals surface area contributed by atoms with E-state index in [9.17, 15) is 4.79 Å². The summed E-state index contributed by atoms with van der Waals surface area (Å²) in [4.78, 5) is 12.8. The Morgan fingerprint density at radius 2 is 2.16 bits per heavy atom. The van der Waals surface area contributed by atoms with Crippen molar-refractivity contribution in [3.8, 4) is 0 Å². The van der Waals surface area contributed by atoms with Gasteiger partial charge in [-0.3, -0.25) is 4.57 Å². The van der Waals surface area contributed by atoms with Gasteiger partial charge in [0.15, 0.2) is 5.16 Å². The largest absolute Gasteiger partial charge is 0.344 e. The highest BCUT2D eigenvalue weighted by atomic mass is 32.2. The average Bonchev–Trinajstić information content (AvgIpc) is 2.73. The van der Waals surface area contributed by atoms with E-state index in [1.165, 1.54) is 17.3 Å². The van der Waals surface area contributed by atoms with Gasteiger partial charge in [0.1, 0.15) is 0 Å². The zero-order valence-electron chi connectivity index (χ0n) is 11.1. The maximum absolute atomic E-state index is 11.7. The van der Waals surface area contributed by atoms with Crippen LogP contribution in [0.4, 0.5) is 0 Å². The molecule has 0 spiro atoms. The SMILES string of the molecule is CC(C)n1c(Sc2ccccc2CCN)n[nH]c1=O. The van der Waals surface area contributed by atoms with Gasteiger partial charge in [-0.2, -0.15) is 0 Å². The molecule has 2 aromatic rings. The first-order valence-corrected chi connectivity index (χ1v) is 7.08. The van der Waals surface area contributed by atoms with Crippen molar-refractivity contribution in [1.82, 2.24) is 14.8 Å². The Bertz CT molecular complexity index is 603. The monoisotopic (exact) mass is 278 g/mol. The number of nitrogens with one attached hydrogen (secondary N) is 1. The molecule has 0 aliphatic carbocycles. The van der Waals surface area contributed by atoms with Crippen LogP contribution in [0.25, 0.3) is 0 Å². The van der Waals surface area contributed by atoms with Crippen molar-refractivity contribution in [2.45, 2.75) is 36.4 Å². The maximum atomic E-state index is 11.7. The number of rotatable bonds is 5. The molecule has 0 aliphatic rings. The summed E-state index contributed by atoms with van der Waals surface area (Å²) >= 11 is 1.49. The minimum Gasteiger partial charge on any atom is -0.330 e. The lowest BCUT2D eigenvalue weighted by Crippen LogP contribution is -2.19. The van der Waals surface area contributed by atoms with E-state index in [-0.39, 0.29) is 11.7 Å². The van der Waals surface area contributed by atoms with E-state index < -0.39 is 0 Å². The molecular weight excluding hydrogens is 260 g/mol. The molecule has 5 nitrogen and oxygen atoms in total. The summed E-state index contributed by atoms with van der Waals surface area (Å²) in [6.45, 7) is 4.54. The molecule has 0 bridgehead atoms. The van der Waals surface area contributed by atoms with Crippen LogP contribution in [0, 0.1) is 0 Å². The number of H-pyrrole nitrogens is 1. The zero-order chi connectivity index (χ0) is 13.8. The van der Waals surface area contributed by atoms with Gasteiger partial charge < -0.3 is 5.73 Å². The van der Waals surface area contributed by atoms with Gasteiger partial charge in [0.25, 0.3) is 0 Å². The Labute approximate surface area is 116 Å². The summed E-state index contributed by atoms with van der Waals surface area (Å²) < 4.78 is 1.66. The van der Waals surface area contributed by atoms with Crippen molar-refractivity contribution in [3.05, 3.63) is 40.3 Å². The lowest BCUT2D eigenvalue weighted by Gasteiger charge is -2.10. The lowest BCUT2D eigenvalue weighted by atomic mass is 10.1. The van der Waals surface area contributed by atoms with E-state index in [1.807, 2.05) is 32.0 Å². The second-order valence-corrected chi connectivity index (χ2v) is 5.53. The minimum atomic E-state index is -0.172. The molecule has 19 heavy (non-hydrogen) atoms. The molecule has 102 valence electrons. The molecule has 6 heteroatoms. The lowest BCUT2D eigenvalue weighted by molar-refractivity contribution is 0.534. The van der Waals surface area contributed by atoms with E-state index in [1.54, 1.807) is 4.57 Å². The first kappa shape index (κ1) is 13.9. The summed E-state index contributed by atoms with van der Waals surface area (Å²) in [5.41, 5.74) is 6.63. The van der Waals surface area contributed by atoms with Crippen LogP contribution in [-0.2, 0) is 6.42 Å². The molecule has 0 fully saturated rings. The minimum absolute atomic E-state index is 0.0791. The fourth-order valence-electron chi connectivity index (χ4n) is 1.88. The highest BCUT2D eigenvalue weighted by molar-refractivity contribution is 7.99. The van der Waals surface area contributed by atoms with Crippen LogP contribution in [0.5, 0.6) is 0 Å². The molecule has 0 saturated carbocycles. The number of nitrogens with zero attached hydrogens (tertiary/aromatic N) is 2. The molecule has 0 saturated heterocycles. The fraction of sp³-hybridized carbons (Fsp3) is 0.385. The molecule has 0 unspecified atom stereocenters. The second kappa shape index (κ2) is 6.08. The number of hydrogen-bond acceptors (Lipinski definition) is 4. The van der Waals surface area contributed by atoms with Crippen molar-refractivity contribution in [2.24, 2.45) is 5.73 Å². The fourth-order valence-corrected chi connectivity index (χ4v) is 3.01. The third kappa shape index (κ3) is 3.08. The Balaban J connectivity index is 2.34. The highest BCUT2D eigenvalue weighted by Gasteiger charge is 2.13. The number of aromatic nitrogens is 3. The molecule has 3 N–H and O–H groups in total. The van der Waals surface area contributed by atoms with Gasteiger partial charge in [-0.1, -0.05) is 18.2 Å².